The van der Waals surface area contributed by atoms with E-state index in [0.29, 0.717) is 24.5 Å². The largest absolute Gasteiger partial charge is 0.384 e. The lowest BCUT2D eigenvalue weighted by Crippen LogP contribution is -2.17. The molecule has 5 heteroatoms. The summed E-state index contributed by atoms with van der Waals surface area (Å²) in [7, 11) is 0. The number of rotatable bonds is 7. The third kappa shape index (κ3) is 4.10. The molecule has 1 amide bonds. The molecule has 0 bridgehead atoms. The summed E-state index contributed by atoms with van der Waals surface area (Å²) in [5, 5.41) is 9.87. The minimum absolute atomic E-state index is 0.0761. The first-order valence-electron chi connectivity index (χ1n) is 7.71. The second-order valence-corrected chi connectivity index (χ2v) is 5.21. The van der Waals surface area contributed by atoms with E-state index in [1.54, 1.807) is 13.0 Å². The first-order valence-corrected chi connectivity index (χ1v) is 7.71. The predicted octanol–water partition coefficient (Wildman–Crippen LogP) is 3.55. The van der Waals surface area contributed by atoms with E-state index in [1.807, 2.05) is 0 Å². The van der Waals surface area contributed by atoms with Gasteiger partial charge in [-0.1, -0.05) is 37.2 Å². The molecule has 0 aliphatic heterocycles. The summed E-state index contributed by atoms with van der Waals surface area (Å²) in [6.45, 7) is 6.66. The number of aromatic nitrogens is 1. The van der Waals surface area contributed by atoms with Gasteiger partial charge in [0.2, 0.25) is 5.91 Å². The molecule has 0 saturated carbocycles. The lowest BCUT2D eigenvalue weighted by Gasteiger charge is -2.15. The number of benzene rings is 1. The Balaban J connectivity index is 1.89. The number of hydrogen-bond donors (Lipinski definition) is 2. The van der Waals surface area contributed by atoms with E-state index < -0.39 is 0 Å². The van der Waals surface area contributed by atoms with E-state index >= 15 is 0 Å². The monoisotopic (exact) mass is 301 g/mol. The number of anilines is 2. The van der Waals surface area contributed by atoms with Gasteiger partial charge in [0, 0.05) is 24.7 Å². The summed E-state index contributed by atoms with van der Waals surface area (Å²) in [6.07, 6.45) is 2.33. The minimum Gasteiger partial charge on any atom is -0.384 e. The van der Waals surface area contributed by atoms with Crippen LogP contribution < -0.4 is 10.6 Å². The zero-order chi connectivity index (χ0) is 15.9. The highest BCUT2D eigenvalue weighted by Crippen LogP contribution is 2.22. The molecule has 0 unspecified atom stereocenters. The van der Waals surface area contributed by atoms with Crippen molar-refractivity contribution in [1.29, 1.82) is 0 Å². The van der Waals surface area contributed by atoms with Crippen molar-refractivity contribution in [1.82, 2.24) is 5.16 Å². The maximum absolute atomic E-state index is 11.9. The van der Waals surface area contributed by atoms with E-state index in [0.717, 1.165) is 18.5 Å². The topological polar surface area (TPSA) is 67.2 Å². The SMILES string of the molecule is CCc1cccc(CC)c1NCCC(=O)Nc1cc(C)on1. The second kappa shape index (κ2) is 7.64. The van der Waals surface area contributed by atoms with E-state index in [4.69, 9.17) is 4.52 Å². The van der Waals surface area contributed by atoms with Crippen LogP contribution in [0.25, 0.3) is 0 Å². The number of amides is 1. The van der Waals surface area contributed by atoms with Crippen molar-refractivity contribution in [2.24, 2.45) is 0 Å². The third-order valence-electron chi connectivity index (χ3n) is 3.55. The Kier molecular flexibility index (Phi) is 5.58. The number of carbonyl (C=O) groups excluding carboxylic acids is 1. The summed E-state index contributed by atoms with van der Waals surface area (Å²) >= 11 is 0. The van der Waals surface area contributed by atoms with Crippen molar-refractivity contribution in [3.63, 3.8) is 0 Å². The number of carbonyl (C=O) groups is 1. The highest BCUT2D eigenvalue weighted by Gasteiger charge is 2.08. The second-order valence-electron chi connectivity index (χ2n) is 5.21. The fourth-order valence-corrected chi connectivity index (χ4v) is 2.40. The first kappa shape index (κ1) is 16.1. The van der Waals surface area contributed by atoms with Crippen LogP contribution in [0.5, 0.6) is 0 Å². The molecule has 5 nitrogen and oxygen atoms in total. The van der Waals surface area contributed by atoms with Crippen molar-refractivity contribution in [2.75, 3.05) is 17.2 Å². The van der Waals surface area contributed by atoms with Crippen LogP contribution in [0.4, 0.5) is 11.5 Å². The van der Waals surface area contributed by atoms with Gasteiger partial charge in [0.15, 0.2) is 5.82 Å². The average molecular weight is 301 g/mol. The van der Waals surface area contributed by atoms with Crippen LogP contribution in [-0.4, -0.2) is 17.6 Å². The molecule has 118 valence electrons. The van der Waals surface area contributed by atoms with E-state index in [-0.39, 0.29) is 5.91 Å². The Hall–Kier alpha value is -2.30. The number of para-hydroxylation sites is 1. The van der Waals surface area contributed by atoms with Crippen molar-refractivity contribution in [2.45, 2.75) is 40.0 Å². The Morgan fingerprint density at radius 2 is 1.91 bits per heavy atom. The normalized spacial score (nSPS) is 10.5. The smallest absolute Gasteiger partial charge is 0.227 e. The van der Waals surface area contributed by atoms with Crippen molar-refractivity contribution in [3.05, 3.63) is 41.2 Å². The molecule has 0 fully saturated rings. The fourth-order valence-electron chi connectivity index (χ4n) is 2.40. The Labute approximate surface area is 131 Å². The van der Waals surface area contributed by atoms with Crippen molar-refractivity contribution >= 4 is 17.4 Å². The number of nitrogens with zero attached hydrogens (tertiary/aromatic N) is 1. The van der Waals surface area contributed by atoms with Gasteiger partial charge >= 0.3 is 0 Å². The molecule has 0 spiro atoms. The van der Waals surface area contributed by atoms with Crippen molar-refractivity contribution < 1.29 is 9.32 Å². The highest BCUT2D eigenvalue weighted by atomic mass is 16.5. The average Bonchev–Trinajstić information content (AvgIpc) is 2.92. The molecule has 0 saturated heterocycles. The van der Waals surface area contributed by atoms with Gasteiger partial charge in [0.25, 0.3) is 0 Å². The predicted molar refractivity (Wildman–Crippen MR) is 88.2 cm³/mol. The third-order valence-corrected chi connectivity index (χ3v) is 3.55. The van der Waals surface area contributed by atoms with Crippen LogP contribution in [-0.2, 0) is 17.6 Å². The lowest BCUT2D eigenvalue weighted by molar-refractivity contribution is -0.116. The Morgan fingerprint density at radius 1 is 1.23 bits per heavy atom. The summed E-state index contributed by atoms with van der Waals surface area (Å²) in [5.41, 5.74) is 3.73. The lowest BCUT2D eigenvalue weighted by atomic mass is 10.0. The van der Waals surface area contributed by atoms with E-state index in [2.05, 4.69) is 47.8 Å². The molecule has 0 radical (unpaired) electrons. The van der Waals surface area contributed by atoms with Crippen LogP contribution in [0.15, 0.2) is 28.8 Å². The van der Waals surface area contributed by atoms with Crippen LogP contribution in [0.2, 0.25) is 0 Å². The number of nitrogens with one attached hydrogen (secondary N) is 2. The maximum atomic E-state index is 11.9. The molecular formula is C17H23N3O2. The molecular weight excluding hydrogens is 278 g/mol. The quantitative estimate of drug-likeness (QED) is 0.820. The van der Waals surface area contributed by atoms with Gasteiger partial charge in [-0.25, -0.2) is 0 Å². The van der Waals surface area contributed by atoms with Crippen LogP contribution >= 0.6 is 0 Å². The Morgan fingerprint density at radius 3 is 2.45 bits per heavy atom. The molecule has 2 N–H and O–H groups in total. The molecule has 0 atom stereocenters. The molecule has 1 aromatic carbocycles. The Bertz CT molecular complexity index is 612. The van der Waals surface area contributed by atoms with E-state index in [1.165, 1.54) is 11.1 Å². The maximum Gasteiger partial charge on any atom is 0.227 e. The molecule has 1 aromatic heterocycles. The van der Waals surface area contributed by atoms with Crippen LogP contribution in [0, 0.1) is 6.92 Å². The van der Waals surface area contributed by atoms with Gasteiger partial charge in [-0.3, -0.25) is 4.79 Å². The summed E-state index contributed by atoms with van der Waals surface area (Å²) in [5.74, 6) is 1.07. The number of hydrogen-bond acceptors (Lipinski definition) is 4. The van der Waals surface area contributed by atoms with Gasteiger partial charge in [-0.15, -0.1) is 0 Å². The highest BCUT2D eigenvalue weighted by molar-refractivity contribution is 5.90. The van der Waals surface area contributed by atoms with Gasteiger partial charge in [0.05, 0.1) is 0 Å². The van der Waals surface area contributed by atoms with Crippen LogP contribution in [0.3, 0.4) is 0 Å². The van der Waals surface area contributed by atoms with Gasteiger partial charge in [-0.05, 0) is 30.9 Å². The standard InChI is InChI=1S/C17H23N3O2/c1-4-13-7-6-8-14(5-2)17(13)18-10-9-16(21)19-15-11-12(3)22-20-15/h6-8,11,18H,4-5,9-10H2,1-3H3,(H,19,20,21). The van der Waals surface area contributed by atoms with Crippen molar-refractivity contribution in [3.8, 4) is 0 Å². The fraction of sp³-hybridized carbons (Fsp3) is 0.412. The molecule has 0 aliphatic rings. The van der Waals surface area contributed by atoms with Crippen LogP contribution in [0.1, 0.15) is 37.2 Å². The van der Waals surface area contributed by atoms with Gasteiger partial charge in [-0.2, -0.15) is 0 Å². The zero-order valence-electron chi connectivity index (χ0n) is 13.4. The summed E-state index contributed by atoms with van der Waals surface area (Å²) in [4.78, 5) is 11.9. The molecule has 2 aromatic rings. The zero-order valence-corrected chi connectivity index (χ0v) is 13.4. The summed E-state index contributed by atoms with van der Waals surface area (Å²) in [6, 6.07) is 8.04. The summed E-state index contributed by atoms with van der Waals surface area (Å²) < 4.78 is 4.92. The van der Waals surface area contributed by atoms with Gasteiger partial charge < -0.3 is 15.2 Å². The molecule has 2 rings (SSSR count). The van der Waals surface area contributed by atoms with Gasteiger partial charge in [0.1, 0.15) is 5.76 Å². The van der Waals surface area contributed by atoms with E-state index in [9.17, 15) is 4.79 Å². The minimum atomic E-state index is -0.0761. The number of aryl methyl sites for hydroxylation is 3. The molecule has 0 aliphatic carbocycles. The molecule has 1 heterocycles. The molecule has 22 heavy (non-hydrogen) atoms. The first-order chi connectivity index (χ1) is 10.6.